The Bertz CT molecular complexity index is 268. The maximum absolute atomic E-state index is 12.2. The second-order valence-corrected chi connectivity index (χ2v) is 4.33. The molecule has 0 aromatic carbocycles. The van der Waals surface area contributed by atoms with E-state index in [0.717, 1.165) is 25.9 Å². The lowest BCUT2D eigenvalue weighted by Gasteiger charge is -2.28. The molecule has 18 heavy (non-hydrogen) atoms. The first-order valence-corrected chi connectivity index (χ1v) is 6.45. The van der Waals surface area contributed by atoms with Crippen molar-refractivity contribution in [2.24, 2.45) is 5.92 Å². The van der Waals surface area contributed by atoms with Crippen molar-refractivity contribution >= 4 is 24.2 Å². The van der Waals surface area contributed by atoms with Crippen LogP contribution >= 0.6 is 12.4 Å². The van der Waals surface area contributed by atoms with Gasteiger partial charge in [0.05, 0.1) is 6.54 Å². The van der Waals surface area contributed by atoms with Gasteiger partial charge in [-0.1, -0.05) is 0 Å². The fourth-order valence-corrected chi connectivity index (χ4v) is 2.10. The molecule has 0 saturated carbocycles. The highest BCUT2D eigenvalue weighted by atomic mass is 35.5. The Morgan fingerprint density at radius 3 is 2.39 bits per heavy atom. The van der Waals surface area contributed by atoms with Crippen molar-refractivity contribution in [3.63, 3.8) is 0 Å². The summed E-state index contributed by atoms with van der Waals surface area (Å²) in [6, 6.07) is 0. The number of carbonyl (C=O) groups excluding carboxylic acids is 2. The Morgan fingerprint density at radius 2 is 1.89 bits per heavy atom. The number of nitrogens with one attached hydrogen (secondary N) is 2. The van der Waals surface area contributed by atoms with Crippen LogP contribution in [0.4, 0.5) is 0 Å². The van der Waals surface area contributed by atoms with Crippen molar-refractivity contribution in [1.29, 1.82) is 0 Å². The molecule has 6 heteroatoms. The standard InChI is InChI=1S/C12H23N3O2.ClH/c1-3-14-11(16)9-15(4-2)12(17)10-5-7-13-8-6-10;/h10,13H,3-9H2,1-2H3,(H,14,16);1H. The highest BCUT2D eigenvalue weighted by Crippen LogP contribution is 2.14. The Morgan fingerprint density at radius 1 is 1.28 bits per heavy atom. The molecule has 1 fully saturated rings. The van der Waals surface area contributed by atoms with Gasteiger partial charge in [0.1, 0.15) is 0 Å². The lowest BCUT2D eigenvalue weighted by molar-refractivity contribution is -0.139. The maximum Gasteiger partial charge on any atom is 0.239 e. The van der Waals surface area contributed by atoms with Gasteiger partial charge >= 0.3 is 0 Å². The van der Waals surface area contributed by atoms with Crippen molar-refractivity contribution in [3.05, 3.63) is 0 Å². The minimum absolute atomic E-state index is 0. The summed E-state index contributed by atoms with van der Waals surface area (Å²) < 4.78 is 0. The minimum atomic E-state index is -0.0726. The van der Waals surface area contributed by atoms with Gasteiger partial charge < -0.3 is 15.5 Å². The van der Waals surface area contributed by atoms with Crippen LogP contribution in [0.2, 0.25) is 0 Å². The smallest absolute Gasteiger partial charge is 0.239 e. The second-order valence-electron chi connectivity index (χ2n) is 4.33. The van der Waals surface area contributed by atoms with E-state index in [1.165, 1.54) is 0 Å². The van der Waals surface area contributed by atoms with Gasteiger partial charge in [0.25, 0.3) is 0 Å². The van der Waals surface area contributed by atoms with Crippen LogP contribution in [0, 0.1) is 5.92 Å². The van der Waals surface area contributed by atoms with E-state index >= 15 is 0 Å². The number of likely N-dealkylation sites (N-methyl/N-ethyl adjacent to an activating group) is 2. The molecule has 1 aliphatic rings. The number of carbonyl (C=O) groups is 2. The average molecular weight is 278 g/mol. The number of amides is 2. The first-order valence-electron chi connectivity index (χ1n) is 6.45. The molecule has 0 aliphatic carbocycles. The quantitative estimate of drug-likeness (QED) is 0.764. The molecule has 1 saturated heterocycles. The van der Waals surface area contributed by atoms with Crippen molar-refractivity contribution in [1.82, 2.24) is 15.5 Å². The minimum Gasteiger partial charge on any atom is -0.355 e. The van der Waals surface area contributed by atoms with Gasteiger partial charge in [0, 0.05) is 19.0 Å². The normalized spacial score (nSPS) is 15.7. The number of halogens is 1. The van der Waals surface area contributed by atoms with E-state index in [-0.39, 0.29) is 36.7 Å². The molecular weight excluding hydrogens is 254 g/mol. The Hall–Kier alpha value is -0.810. The van der Waals surface area contributed by atoms with Crippen LogP contribution in [0.15, 0.2) is 0 Å². The average Bonchev–Trinajstić information content (AvgIpc) is 2.36. The zero-order valence-corrected chi connectivity index (χ0v) is 12.0. The third-order valence-electron chi connectivity index (χ3n) is 3.09. The van der Waals surface area contributed by atoms with Crippen molar-refractivity contribution in [2.45, 2.75) is 26.7 Å². The number of nitrogens with zero attached hydrogens (tertiary/aromatic N) is 1. The van der Waals surface area contributed by atoms with Crippen LogP contribution in [0.3, 0.4) is 0 Å². The molecule has 1 aliphatic heterocycles. The number of hydrogen-bond acceptors (Lipinski definition) is 3. The third kappa shape index (κ3) is 5.23. The molecule has 0 spiro atoms. The molecule has 1 heterocycles. The van der Waals surface area contributed by atoms with Crippen LogP contribution in [0.25, 0.3) is 0 Å². The summed E-state index contributed by atoms with van der Waals surface area (Å²) >= 11 is 0. The molecule has 0 unspecified atom stereocenters. The summed E-state index contributed by atoms with van der Waals surface area (Å²) in [5.41, 5.74) is 0. The van der Waals surface area contributed by atoms with Crippen molar-refractivity contribution in [3.8, 4) is 0 Å². The van der Waals surface area contributed by atoms with Gasteiger partial charge in [-0.05, 0) is 39.8 Å². The Labute approximate surface area is 115 Å². The van der Waals surface area contributed by atoms with Crippen molar-refractivity contribution in [2.75, 3.05) is 32.7 Å². The van der Waals surface area contributed by atoms with E-state index in [1.54, 1.807) is 4.90 Å². The fourth-order valence-electron chi connectivity index (χ4n) is 2.10. The lowest BCUT2D eigenvalue weighted by Crippen LogP contribution is -2.45. The molecular formula is C12H24ClN3O2. The molecule has 2 amide bonds. The zero-order valence-electron chi connectivity index (χ0n) is 11.2. The van der Waals surface area contributed by atoms with Gasteiger partial charge in [-0.25, -0.2) is 0 Å². The van der Waals surface area contributed by atoms with Crippen molar-refractivity contribution < 1.29 is 9.59 Å². The molecule has 0 aromatic rings. The summed E-state index contributed by atoms with van der Waals surface area (Å²) in [7, 11) is 0. The number of hydrogen-bond donors (Lipinski definition) is 2. The molecule has 1 rings (SSSR count). The third-order valence-corrected chi connectivity index (χ3v) is 3.09. The summed E-state index contributed by atoms with van der Waals surface area (Å²) in [6.45, 7) is 6.98. The molecule has 106 valence electrons. The Kier molecular flexibility index (Phi) is 8.75. The molecule has 0 aromatic heterocycles. The summed E-state index contributed by atoms with van der Waals surface area (Å²) in [4.78, 5) is 25.3. The monoisotopic (exact) mass is 277 g/mol. The molecule has 0 bridgehead atoms. The molecule has 2 N–H and O–H groups in total. The predicted octanol–water partition coefficient (Wildman–Crippen LogP) is 0.392. The topological polar surface area (TPSA) is 61.4 Å². The fraction of sp³-hybridized carbons (Fsp3) is 0.833. The summed E-state index contributed by atoms with van der Waals surface area (Å²) in [5.74, 6) is 0.141. The van der Waals surface area contributed by atoms with E-state index in [9.17, 15) is 9.59 Å². The van der Waals surface area contributed by atoms with Gasteiger partial charge in [-0.15, -0.1) is 12.4 Å². The number of piperidine rings is 1. The van der Waals surface area contributed by atoms with Crippen LogP contribution in [0.1, 0.15) is 26.7 Å². The van der Waals surface area contributed by atoms with Crippen LogP contribution in [-0.2, 0) is 9.59 Å². The number of rotatable bonds is 5. The SMILES string of the molecule is CCNC(=O)CN(CC)C(=O)C1CCNCC1.Cl. The highest BCUT2D eigenvalue weighted by molar-refractivity contribution is 5.86. The largest absolute Gasteiger partial charge is 0.355 e. The molecule has 0 radical (unpaired) electrons. The zero-order chi connectivity index (χ0) is 12.7. The predicted molar refractivity (Wildman–Crippen MR) is 73.8 cm³/mol. The van der Waals surface area contributed by atoms with E-state index in [2.05, 4.69) is 10.6 Å². The van der Waals surface area contributed by atoms with E-state index in [4.69, 9.17) is 0 Å². The van der Waals surface area contributed by atoms with Crippen LogP contribution in [0.5, 0.6) is 0 Å². The van der Waals surface area contributed by atoms with Gasteiger partial charge in [-0.3, -0.25) is 9.59 Å². The molecule has 0 atom stereocenters. The second kappa shape index (κ2) is 9.16. The first kappa shape index (κ1) is 17.2. The van der Waals surface area contributed by atoms with Crippen LogP contribution in [-0.4, -0.2) is 49.4 Å². The van der Waals surface area contributed by atoms with E-state index in [0.29, 0.717) is 13.1 Å². The molecule has 5 nitrogen and oxygen atoms in total. The van der Waals surface area contributed by atoms with Gasteiger partial charge in [-0.2, -0.15) is 0 Å². The summed E-state index contributed by atoms with van der Waals surface area (Å²) in [6.07, 6.45) is 1.76. The van der Waals surface area contributed by atoms with Crippen LogP contribution < -0.4 is 10.6 Å². The van der Waals surface area contributed by atoms with Gasteiger partial charge in [0.15, 0.2) is 0 Å². The van der Waals surface area contributed by atoms with E-state index < -0.39 is 0 Å². The first-order chi connectivity index (χ1) is 8.19. The summed E-state index contributed by atoms with van der Waals surface area (Å²) in [5, 5.41) is 5.96. The lowest BCUT2D eigenvalue weighted by atomic mass is 9.96. The highest BCUT2D eigenvalue weighted by Gasteiger charge is 2.25. The van der Waals surface area contributed by atoms with Gasteiger partial charge in [0.2, 0.25) is 11.8 Å². The van der Waals surface area contributed by atoms with E-state index in [1.807, 2.05) is 13.8 Å². The Balaban J connectivity index is 0.00000289. The maximum atomic E-state index is 12.2.